The van der Waals surface area contributed by atoms with Gasteiger partial charge in [0.15, 0.2) is 0 Å². The van der Waals surface area contributed by atoms with Crippen LogP contribution < -0.4 is 20.2 Å². The van der Waals surface area contributed by atoms with E-state index in [0.29, 0.717) is 24.5 Å². The van der Waals surface area contributed by atoms with Gasteiger partial charge in [-0.05, 0) is 66.1 Å². The Labute approximate surface area is 199 Å². The number of nitrogens with zero attached hydrogens (tertiary/aromatic N) is 1. The topological polar surface area (TPSA) is 89.0 Å². The van der Waals surface area contributed by atoms with E-state index in [1.807, 2.05) is 54.6 Å². The first-order valence-electron chi connectivity index (χ1n) is 11.2. The third-order valence-corrected chi connectivity index (χ3v) is 4.82. The van der Waals surface area contributed by atoms with Gasteiger partial charge in [-0.1, -0.05) is 43.7 Å². The second-order valence-electron chi connectivity index (χ2n) is 7.55. The van der Waals surface area contributed by atoms with Gasteiger partial charge in [0.2, 0.25) is 0 Å². The molecule has 2 N–H and O–H groups in total. The van der Waals surface area contributed by atoms with Gasteiger partial charge in [0.25, 0.3) is 11.8 Å². The zero-order valence-corrected chi connectivity index (χ0v) is 19.2. The number of amides is 2. The molecule has 0 heterocycles. The number of unbranched alkanes of at least 4 members (excludes halogenated alkanes) is 1. The Hall–Kier alpha value is -4.13. The number of hydrazone groups is 1. The van der Waals surface area contributed by atoms with Crippen molar-refractivity contribution in [3.63, 3.8) is 0 Å². The van der Waals surface area contributed by atoms with Gasteiger partial charge in [0.05, 0.1) is 19.4 Å². The normalized spacial score (nSPS) is 10.6. The number of hydrogen-bond acceptors (Lipinski definition) is 5. The minimum absolute atomic E-state index is 0.183. The molecule has 0 aliphatic rings. The first-order chi connectivity index (χ1) is 16.6. The number of rotatable bonds is 12. The molecule has 0 unspecified atom stereocenters. The molecule has 0 radical (unpaired) electrons. The number of ether oxygens (including phenoxy) is 2. The fraction of sp³-hybridized carbons (Fsp3) is 0.222. The lowest BCUT2D eigenvalue weighted by atomic mass is 10.2. The first kappa shape index (κ1) is 24.5. The maximum Gasteiger partial charge on any atom is 0.259 e. The highest BCUT2D eigenvalue weighted by atomic mass is 16.5. The zero-order chi connectivity index (χ0) is 24.0. The first-order valence-corrected chi connectivity index (χ1v) is 11.2. The summed E-state index contributed by atoms with van der Waals surface area (Å²) in [6, 6.07) is 24.1. The molecule has 3 aromatic carbocycles. The van der Waals surface area contributed by atoms with E-state index in [0.717, 1.165) is 29.7 Å². The summed E-state index contributed by atoms with van der Waals surface area (Å²) >= 11 is 0. The predicted octanol–water partition coefficient (Wildman–Crippen LogP) is 4.32. The van der Waals surface area contributed by atoms with E-state index in [-0.39, 0.29) is 12.5 Å². The van der Waals surface area contributed by atoms with E-state index in [1.165, 1.54) is 6.21 Å². The van der Waals surface area contributed by atoms with Crippen LogP contribution in [0.25, 0.3) is 0 Å². The lowest BCUT2D eigenvalue weighted by molar-refractivity contribution is -0.120. The van der Waals surface area contributed by atoms with Crippen molar-refractivity contribution < 1.29 is 19.1 Å². The van der Waals surface area contributed by atoms with Crippen molar-refractivity contribution in [2.75, 3.05) is 13.2 Å². The van der Waals surface area contributed by atoms with Gasteiger partial charge < -0.3 is 14.8 Å². The summed E-state index contributed by atoms with van der Waals surface area (Å²) in [6.07, 6.45) is 3.56. The quantitative estimate of drug-likeness (QED) is 0.240. The van der Waals surface area contributed by atoms with Gasteiger partial charge in [-0.2, -0.15) is 5.10 Å². The molecule has 0 saturated carbocycles. The second-order valence-corrected chi connectivity index (χ2v) is 7.55. The van der Waals surface area contributed by atoms with Crippen molar-refractivity contribution in [3.05, 3.63) is 95.6 Å². The lowest BCUT2D eigenvalue weighted by Gasteiger charge is -2.07. The Kier molecular flexibility index (Phi) is 9.68. The van der Waals surface area contributed by atoms with Crippen LogP contribution in [-0.4, -0.2) is 31.2 Å². The Morgan fingerprint density at radius 2 is 1.56 bits per heavy atom. The van der Waals surface area contributed by atoms with Gasteiger partial charge >= 0.3 is 0 Å². The average molecular weight is 460 g/mol. The standard InChI is InChI=1S/C27H29N3O4/c1-2-3-17-33-24-15-11-23(12-16-24)27(32)28-19-26(31)30-29-18-21-9-13-25(14-10-21)34-20-22-7-5-4-6-8-22/h4-16,18H,2-3,17,19-20H2,1H3,(H,28,32)(H,30,31)/b29-18+. The molecule has 0 bridgehead atoms. The number of carbonyl (C=O) groups excluding carboxylic acids is 2. The van der Waals surface area contributed by atoms with Crippen LogP contribution in [0.5, 0.6) is 11.5 Å². The van der Waals surface area contributed by atoms with E-state index >= 15 is 0 Å². The van der Waals surface area contributed by atoms with Crippen molar-refractivity contribution in [2.24, 2.45) is 5.10 Å². The van der Waals surface area contributed by atoms with Gasteiger partial charge in [-0.25, -0.2) is 5.43 Å². The summed E-state index contributed by atoms with van der Waals surface area (Å²) in [5.74, 6) is 0.693. The molecule has 0 atom stereocenters. The second kappa shape index (κ2) is 13.4. The number of nitrogens with one attached hydrogen (secondary N) is 2. The predicted molar refractivity (Wildman–Crippen MR) is 132 cm³/mol. The van der Waals surface area contributed by atoms with Crippen molar-refractivity contribution in [1.82, 2.24) is 10.7 Å². The van der Waals surface area contributed by atoms with Crippen LogP contribution in [0.15, 0.2) is 84.0 Å². The summed E-state index contributed by atoms with van der Waals surface area (Å²) in [5.41, 5.74) is 4.75. The maximum absolute atomic E-state index is 12.2. The molecule has 34 heavy (non-hydrogen) atoms. The van der Waals surface area contributed by atoms with Crippen molar-refractivity contribution in [2.45, 2.75) is 26.4 Å². The molecular formula is C27H29N3O4. The zero-order valence-electron chi connectivity index (χ0n) is 19.2. The van der Waals surface area contributed by atoms with Gasteiger partial charge in [-0.3, -0.25) is 9.59 Å². The Morgan fingerprint density at radius 1 is 0.882 bits per heavy atom. The monoisotopic (exact) mass is 459 g/mol. The van der Waals surface area contributed by atoms with Crippen LogP contribution in [-0.2, 0) is 11.4 Å². The van der Waals surface area contributed by atoms with Gasteiger partial charge in [-0.15, -0.1) is 0 Å². The molecule has 176 valence electrons. The minimum Gasteiger partial charge on any atom is -0.494 e. The van der Waals surface area contributed by atoms with Crippen LogP contribution >= 0.6 is 0 Å². The van der Waals surface area contributed by atoms with Crippen LogP contribution in [0.3, 0.4) is 0 Å². The molecule has 3 aromatic rings. The third-order valence-electron chi connectivity index (χ3n) is 4.82. The Morgan fingerprint density at radius 3 is 2.26 bits per heavy atom. The molecule has 2 amide bonds. The van der Waals surface area contributed by atoms with E-state index in [1.54, 1.807) is 24.3 Å². The van der Waals surface area contributed by atoms with E-state index in [9.17, 15) is 9.59 Å². The summed E-state index contributed by atoms with van der Waals surface area (Å²) in [6.45, 7) is 3.05. The summed E-state index contributed by atoms with van der Waals surface area (Å²) < 4.78 is 11.3. The molecule has 0 saturated heterocycles. The fourth-order valence-electron chi connectivity index (χ4n) is 2.91. The lowest BCUT2D eigenvalue weighted by Crippen LogP contribution is -2.34. The Balaban J connectivity index is 1.37. The molecule has 0 aromatic heterocycles. The van der Waals surface area contributed by atoms with Crippen LogP contribution in [0.1, 0.15) is 41.3 Å². The van der Waals surface area contributed by atoms with E-state index in [2.05, 4.69) is 22.8 Å². The molecule has 0 aliphatic heterocycles. The molecule has 0 fully saturated rings. The molecule has 0 aliphatic carbocycles. The average Bonchev–Trinajstić information content (AvgIpc) is 2.88. The molecule has 0 spiro atoms. The van der Waals surface area contributed by atoms with Crippen LogP contribution in [0.2, 0.25) is 0 Å². The van der Waals surface area contributed by atoms with Gasteiger partial charge in [0, 0.05) is 5.56 Å². The fourth-order valence-corrected chi connectivity index (χ4v) is 2.91. The van der Waals surface area contributed by atoms with Crippen molar-refractivity contribution in [1.29, 1.82) is 0 Å². The largest absolute Gasteiger partial charge is 0.494 e. The van der Waals surface area contributed by atoms with Crippen molar-refractivity contribution in [3.8, 4) is 11.5 Å². The number of hydrogen-bond donors (Lipinski definition) is 2. The third kappa shape index (κ3) is 8.43. The van der Waals surface area contributed by atoms with Gasteiger partial charge in [0.1, 0.15) is 18.1 Å². The molecule has 7 heteroatoms. The number of benzene rings is 3. The van der Waals surface area contributed by atoms with E-state index < -0.39 is 5.91 Å². The molecule has 3 rings (SSSR count). The smallest absolute Gasteiger partial charge is 0.259 e. The van der Waals surface area contributed by atoms with Crippen LogP contribution in [0.4, 0.5) is 0 Å². The number of carbonyl (C=O) groups is 2. The van der Waals surface area contributed by atoms with Crippen LogP contribution in [0, 0.1) is 0 Å². The van der Waals surface area contributed by atoms with E-state index in [4.69, 9.17) is 9.47 Å². The summed E-state index contributed by atoms with van der Waals surface area (Å²) in [7, 11) is 0. The highest BCUT2D eigenvalue weighted by molar-refractivity contribution is 5.96. The summed E-state index contributed by atoms with van der Waals surface area (Å²) in [4.78, 5) is 24.2. The highest BCUT2D eigenvalue weighted by Gasteiger charge is 2.08. The SMILES string of the molecule is CCCCOc1ccc(C(=O)NCC(=O)N/N=C/c2ccc(OCc3ccccc3)cc2)cc1. The molecular weight excluding hydrogens is 430 g/mol. The summed E-state index contributed by atoms with van der Waals surface area (Å²) in [5, 5.41) is 6.50. The Bertz CT molecular complexity index is 1070. The maximum atomic E-state index is 12.2. The molecule has 7 nitrogen and oxygen atoms in total. The highest BCUT2D eigenvalue weighted by Crippen LogP contribution is 2.14. The van der Waals surface area contributed by atoms with Crippen molar-refractivity contribution >= 4 is 18.0 Å². The minimum atomic E-state index is -0.424.